The molecular formula is C61H100O29S. The van der Waals surface area contributed by atoms with Crippen molar-refractivity contribution in [2.24, 2.45) is 39.4 Å². The van der Waals surface area contributed by atoms with Gasteiger partial charge in [0.25, 0.3) is 0 Å². The van der Waals surface area contributed by atoms with Gasteiger partial charge in [-0.15, -0.1) is 0 Å². The number of hydrogen-bond donors (Lipinski definition) is 13. The third-order valence-electron chi connectivity index (χ3n) is 22.4. The normalized spacial score (nSPS) is 48.6. The number of aliphatic hydroxyl groups excluding tert-OH is 11. The molecule has 8 fully saturated rings. The van der Waals surface area contributed by atoms with E-state index in [4.69, 9.17) is 61.0 Å². The highest BCUT2D eigenvalue weighted by atomic mass is 32.3. The van der Waals surface area contributed by atoms with E-state index in [2.05, 4.69) is 40.7 Å². The highest BCUT2D eigenvalue weighted by Crippen LogP contribution is 2.74. The Balaban J connectivity index is 0.971. The topological polar surface area (TPSA) is 434 Å². The van der Waals surface area contributed by atoms with E-state index in [0.717, 1.165) is 31.3 Å². The summed E-state index contributed by atoms with van der Waals surface area (Å²) in [4.78, 5) is 12.5. The predicted molar refractivity (Wildman–Crippen MR) is 310 cm³/mol. The molecule has 32 atom stereocenters. The van der Waals surface area contributed by atoms with Crippen LogP contribution in [-0.4, -0.2) is 273 Å². The predicted octanol–water partition coefficient (Wildman–Crippen LogP) is -1.10. The van der Waals surface area contributed by atoms with E-state index >= 15 is 0 Å². The van der Waals surface area contributed by atoms with Crippen LogP contribution >= 0.6 is 0 Å². The zero-order valence-electron chi connectivity index (χ0n) is 53.6. The van der Waals surface area contributed by atoms with Crippen LogP contribution in [0.25, 0.3) is 0 Å². The number of ether oxygens (including phenoxy) is 12. The molecular weight excluding hydrogens is 1230 g/mol. The number of rotatable bonds is 20. The minimum Gasteiger partial charge on any atom is -0.459 e. The molecule has 524 valence electrons. The molecule has 0 amide bonds. The number of carbonyl (C=O) groups is 1. The SMILES string of the molecule is CO[C@@H]1[C@@H](O)[C@H](O[C@@H]2[C@@H](O)[C@H](O[C@H]3[C@H](O)[C@@H](O[C@@H]4OC[C@@H](O)[C@H](O)[C@H]4O)[C@H](O[C@H]4[C@H](OC5CC[C@]6(C)C7=CC[C@]8(C)[C@@H]([C@@](C)(O)[C@@H](CC=C(C)C)OC(C)=O)CC[C@@]8(C)[C@@H]7CCC6C5(C)C)OC[C@@H](OS(=O)(=O)O)[C@@H]4O)O[C@@H]3C)O[C@H](CO)[C@H]2O)O[C@H](CO)[C@H]1O. The van der Waals surface area contributed by atoms with Crippen LogP contribution in [-0.2, 0) is 76.2 Å². The summed E-state index contributed by atoms with van der Waals surface area (Å²) in [6.07, 6.45) is -32.2. The smallest absolute Gasteiger partial charge is 0.397 e. The van der Waals surface area contributed by atoms with Crippen LogP contribution in [0.3, 0.4) is 0 Å². The lowest BCUT2D eigenvalue weighted by atomic mass is 9.41. The van der Waals surface area contributed by atoms with E-state index in [-0.39, 0.29) is 34.0 Å². The average molecular weight is 1330 g/mol. The highest BCUT2D eigenvalue weighted by molar-refractivity contribution is 7.80. The summed E-state index contributed by atoms with van der Waals surface area (Å²) in [6.45, 7) is 16.7. The Hall–Kier alpha value is -2.10. The van der Waals surface area contributed by atoms with Crippen molar-refractivity contribution in [2.75, 3.05) is 33.5 Å². The number of methoxy groups -OCH3 is 1. The second-order valence-electron chi connectivity index (χ2n) is 28.4. The molecule has 5 saturated heterocycles. The van der Waals surface area contributed by atoms with Gasteiger partial charge in [0.1, 0.15) is 115 Å². The van der Waals surface area contributed by atoms with Crippen molar-refractivity contribution in [3.05, 3.63) is 23.3 Å². The van der Waals surface area contributed by atoms with Crippen molar-refractivity contribution in [3.8, 4) is 0 Å². The van der Waals surface area contributed by atoms with E-state index in [0.29, 0.717) is 25.7 Å². The first kappa shape index (κ1) is 73.2. The lowest BCUT2D eigenvalue weighted by Gasteiger charge is -2.65. The van der Waals surface area contributed by atoms with Crippen LogP contribution in [0.15, 0.2) is 23.3 Å². The zero-order chi connectivity index (χ0) is 67.0. The Labute approximate surface area is 530 Å². The van der Waals surface area contributed by atoms with E-state index in [9.17, 15) is 79.0 Å². The van der Waals surface area contributed by atoms with Crippen LogP contribution in [0.2, 0.25) is 0 Å². The molecule has 0 radical (unpaired) electrons. The molecule has 29 nitrogen and oxygen atoms in total. The third kappa shape index (κ3) is 13.9. The quantitative estimate of drug-likeness (QED) is 0.0298. The maximum absolute atomic E-state index is 12.6. The Morgan fingerprint density at radius 3 is 1.86 bits per heavy atom. The van der Waals surface area contributed by atoms with Crippen LogP contribution in [0.5, 0.6) is 0 Å². The molecule has 0 spiro atoms. The number of carbonyl (C=O) groups excluding carboxylic acids is 1. The molecule has 13 N–H and O–H groups in total. The minimum absolute atomic E-state index is 0.00544. The lowest BCUT2D eigenvalue weighted by molar-refractivity contribution is -0.403. The Kier molecular flexibility index (Phi) is 22.5. The molecule has 5 heterocycles. The molecule has 3 saturated carbocycles. The Morgan fingerprint density at radius 2 is 1.25 bits per heavy atom. The Bertz CT molecular complexity index is 2660. The molecule has 0 aromatic carbocycles. The van der Waals surface area contributed by atoms with Gasteiger partial charge < -0.3 is 118 Å². The van der Waals surface area contributed by atoms with Gasteiger partial charge in [-0.25, -0.2) is 4.18 Å². The molecule has 5 aliphatic heterocycles. The maximum Gasteiger partial charge on any atom is 0.397 e. The molecule has 91 heavy (non-hydrogen) atoms. The minimum atomic E-state index is -5.26. The number of aliphatic hydroxyl groups is 12. The largest absolute Gasteiger partial charge is 0.459 e. The van der Waals surface area contributed by atoms with Crippen LogP contribution in [0.4, 0.5) is 0 Å². The van der Waals surface area contributed by atoms with Gasteiger partial charge in [0.15, 0.2) is 31.5 Å². The Morgan fingerprint density at radius 1 is 0.670 bits per heavy atom. The van der Waals surface area contributed by atoms with Crippen molar-refractivity contribution in [1.29, 1.82) is 0 Å². The fourth-order valence-electron chi connectivity index (χ4n) is 17.2. The lowest BCUT2D eigenvalue weighted by Crippen LogP contribution is -2.68. The first-order valence-corrected chi connectivity index (χ1v) is 33.1. The summed E-state index contributed by atoms with van der Waals surface area (Å²) < 4.78 is 112. The van der Waals surface area contributed by atoms with Gasteiger partial charge in [0.2, 0.25) is 0 Å². The van der Waals surface area contributed by atoms with Crippen molar-refractivity contribution in [3.63, 3.8) is 0 Å². The fourth-order valence-corrected chi connectivity index (χ4v) is 17.7. The average Bonchev–Trinajstić information content (AvgIpc) is 1.65. The van der Waals surface area contributed by atoms with Crippen molar-refractivity contribution >= 4 is 16.4 Å². The molecule has 0 bridgehead atoms. The fraction of sp³-hybridized carbons (Fsp3) is 0.918. The summed E-state index contributed by atoms with van der Waals surface area (Å²) in [7, 11) is -4.09. The van der Waals surface area contributed by atoms with E-state index in [1.54, 1.807) is 0 Å². The van der Waals surface area contributed by atoms with Gasteiger partial charge in [0, 0.05) is 20.5 Å². The van der Waals surface area contributed by atoms with Crippen molar-refractivity contribution in [1.82, 2.24) is 0 Å². The van der Waals surface area contributed by atoms with Crippen LogP contribution < -0.4 is 0 Å². The number of fused-ring (bicyclic) bond motifs is 5. The molecule has 4 aliphatic carbocycles. The second kappa shape index (κ2) is 28.0. The van der Waals surface area contributed by atoms with E-state index in [1.165, 1.54) is 26.5 Å². The number of esters is 1. The molecule has 9 rings (SSSR count). The zero-order valence-corrected chi connectivity index (χ0v) is 54.4. The van der Waals surface area contributed by atoms with Gasteiger partial charge in [-0.05, 0) is 112 Å². The molecule has 30 heteroatoms. The van der Waals surface area contributed by atoms with Gasteiger partial charge in [-0.1, -0.05) is 57.9 Å². The van der Waals surface area contributed by atoms with Crippen molar-refractivity contribution in [2.45, 2.75) is 280 Å². The molecule has 0 aromatic rings. The summed E-state index contributed by atoms with van der Waals surface area (Å²) in [5.41, 5.74) is -0.496. The van der Waals surface area contributed by atoms with E-state index in [1.807, 2.05) is 26.8 Å². The summed E-state index contributed by atoms with van der Waals surface area (Å²) in [6, 6.07) is 0. The highest BCUT2D eigenvalue weighted by Gasteiger charge is 2.69. The summed E-state index contributed by atoms with van der Waals surface area (Å²) in [5, 5.41) is 135. The van der Waals surface area contributed by atoms with Gasteiger partial charge in [-0.3, -0.25) is 9.35 Å². The summed E-state index contributed by atoms with van der Waals surface area (Å²) in [5.74, 6) is -0.473. The van der Waals surface area contributed by atoms with Crippen LogP contribution in [0.1, 0.15) is 121 Å². The van der Waals surface area contributed by atoms with Crippen molar-refractivity contribution < 1.29 is 140 Å². The summed E-state index contributed by atoms with van der Waals surface area (Å²) >= 11 is 0. The molecule has 9 aliphatic rings. The first-order chi connectivity index (χ1) is 42.5. The van der Waals surface area contributed by atoms with Crippen LogP contribution in [0, 0.1) is 39.4 Å². The molecule has 0 aromatic heterocycles. The second-order valence-corrected chi connectivity index (χ2v) is 29.5. The van der Waals surface area contributed by atoms with E-state index < -0.39 is 207 Å². The van der Waals surface area contributed by atoms with Gasteiger partial charge in [-0.2, -0.15) is 8.42 Å². The standard InChI is InChI=1S/C61H100O29S/c1-26(2)12-15-38(82-28(4)64)61(10,74)36-17-21-59(8)30-13-14-35-57(5,6)37(18-19-58(35,7)29(30)16-20-60(36,59)9)85-55-50(42(69)34(25-80-55)90-91(75,76)77)89-56-51(88-52-43(70)39(66)31(65)24-79-52)44(71)47(27(3)81-56)86-54-46(73)49(41(68)33(23-63)84-54)87-53-45(72)48(78-11)40(67)32(22-62)83-53/h12,16,27,30-56,62-63,65-74H,13-15,17-25H2,1-11H3,(H,75,76,77)/t27-,30-,31-,32-,33-,34-,35?,36+,37?,38-,39+,40-,41-,42+,43-,44+,45-,46-,47-,48+,49+,50-,51-,52+,53+,54+,55+,56+,58-,59+,60-,61-/m1/s1. The molecule has 2 unspecified atom stereocenters. The first-order valence-electron chi connectivity index (χ1n) is 31.7. The number of hydrogen-bond acceptors (Lipinski definition) is 28. The third-order valence-corrected chi connectivity index (χ3v) is 22.9. The maximum atomic E-state index is 12.6. The van der Waals surface area contributed by atoms with Gasteiger partial charge >= 0.3 is 16.4 Å². The number of allylic oxidation sites excluding steroid dienone is 3. The monoisotopic (exact) mass is 1330 g/mol. The van der Waals surface area contributed by atoms with Gasteiger partial charge in [0.05, 0.1) is 38.6 Å².